The Balaban J connectivity index is 1.76. The minimum Gasteiger partial charge on any atom is -0.497 e. The summed E-state index contributed by atoms with van der Waals surface area (Å²) in [5.74, 6) is 1.17. The zero-order valence-corrected chi connectivity index (χ0v) is 14.6. The van der Waals surface area contributed by atoms with Crippen molar-refractivity contribution < 1.29 is 14.6 Å². The molecule has 0 spiro atoms. The van der Waals surface area contributed by atoms with Gasteiger partial charge in [0.2, 0.25) is 0 Å². The van der Waals surface area contributed by atoms with Crippen molar-refractivity contribution in [2.24, 2.45) is 16.7 Å². The highest BCUT2D eigenvalue weighted by molar-refractivity contribution is 5.30. The SMILES string of the molecule is C=C1C(C)(C)[C@@H]2CC[C@@]1(C)[C@@H](O)[C@H]2OCc1ccc(OC)cc1. The van der Waals surface area contributed by atoms with E-state index in [1.165, 1.54) is 5.57 Å². The molecule has 23 heavy (non-hydrogen) atoms. The van der Waals surface area contributed by atoms with Gasteiger partial charge in [-0.25, -0.2) is 0 Å². The Kier molecular flexibility index (Phi) is 4.06. The normalized spacial score (nSPS) is 35.3. The molecule has 0 heterocycles. The van der Waals surface area contributed by atoms with Crippen LogP contribution in [0.2, 0.25) is 0 Å². The molecule has 1 aromatic carbocycles. The van der Waals surface area contributed by atoms with Crippen LogP contribution in [0.3, 0.4) is 0 Å². The van der Waals surface area contributed by atoms with E-state index in [9.17, 15) is 5.11 Å². The number of hydrogen-bond donors (Lipinski definition) is 1. The summed E-state index contributed by atoms with van der Waals surface area (Å²) in [6.07, 6.45) is 1.49. The molecule has 2 bridgehead atoms. The Morgan fingerprint density at radius 1 is 1.22 bits per heavy atom. The molecule has 0 amide bonds. The fourth-order valence-corrected chi connectivity index (χ4v) is 4.53. The van der Waals surface area contributed by atoms with Crippen LogP contribution in [0, 0.1) is 16.7 Å². The molecule has 4 atom stereocenters. The number of aliphatic hydroxyl groups excluding tert-OH is 1. The summed E-state index contributed by atoms with van der Waals surface area (Å²) in [7, 11) is 1.66. The summed E-state index contributed by atoms with van der Waals surface area (Å²) in [6.45, 7) is 11.5. The smallest absolute Gasteiger partial charge is 0.118 e. The van der Waals surface area contributed by atoms with Crippen LogP contribution in [0.5, 0.6) is 5.75 Å². The van der Waals surface area contributed by atoms with Crippen molar-refractivity contribution in [2.75, 3.05) is 7.11 Å². The molecule has 126 valence electrons. The van der Waals surface area contributed by atoms with Gasteiger partial charge in [-0.2, -0.15) is 0 Å². The Hall–Kier alpha value is -1.32. The quantitative estimate of drug-likeness (QED) is 0.855. The van der Waals surface area contributed by atoms with Crippen molar-refractivity contribution in [3.63, 3.8) is 0 Å². The molecule has 0 aromatic heterocycles. The summed E-state index contributed by atoms with van der Waals surface area (Å²) < 4.78 is 11.4. The maximum atomic E-state index is 10.9. The lowest BCUT2D eigenvalue weighted by molar-refractivity contribution is -0.188. The van der Waals surface area contributed by atoms with Gasteiger partial charge in [-0.3, -0.25) is 0 Å². The lowest BCUT2D eigenvalue weighted by Crippen LogP contribution is -2.62. The molecule has 3 aliphatic rings. The second-order valence-corrected chi connectivity index (χ2v) is 7.83. The largest absolute Gasteiger partial charge is 0.497 e. The first kappa shape index (κ1) is 16.5. The zero-order valence-electron chi connectivity index (χ0n) is 14.6. The van der Waals surface area contributed by atoms with Gasteiger partial charge in [0, 0.05) is 5.41 Å². The average Bonchev–Trinajstić information content (AvgIpc) is 2.54. The van der Waals surface area contributed by atoms with Gasteiger partial charge in [0.1, 0.15) is 5.75 Å². The second-order valence-electron chi connectivity index (χ2n) is 7.83. The molecule has 3 heteroatoms. The Bertz CT molecular complexity index is 589. The van der Waals surface area contributed by atoms with Gasteiger partial charge in [0.15, 0.2) is 0 Å². The Morgan fingerprint density at radius 3 is 2.48 bits per heavy atom. The van der Waals surface area contributed by atoms with E-state index in [1.807, 2.05) is 24.3 Å². The molecule has 3 aliphatic carbocycles. The predicted octanol–water partition coefficient (Wildman–Crippen LogP) is 3.95. The van der Waals surface area contributed by atoms with E-state index in [4.69, 9.17) is 9.47 Å². The monoisotopic (exact) mass is 316 g/mol. The van der Waals surface area contributed by atoms with Crippen LogP contribution >= 0.6 is 0 Å². The summed E-state index contributed by atoms with van der Waals surface area (Å²) in [5, 5.41) is 10.9. The molecular formula is C20H28O3. The van der Waals surface area contributed by atoms with Crippen molar-refractivity contribution >= 4 is 0 Å². The van der Waals surface area contributed by atoms with E-state index in [0.29, 0.717) is 12.5 Å². The van der Waals surface area contributed by atoms with Crippen LogP contribution < -0.4 is 4.74 Å². The third-order valence-corrected chi connectivity index (χ3v) is 6.33. The topological polar surface area (TPSA) is 38.7 Å². The predicted molar refractivity (Wildman–Crippen MR) is 91.3 cm³/mol. The highest BCUT2D eigenvalue weighted by Gasteiger charge is 2.60. The first-order valence-electron chi connectivity index (χ1n) is 8.43. The summed E-state index contributed by atoms with van der Waals surface area (Å²) in [6, 6.07) is 7.90. The fraction of sp³-hybridized carbons (Fsp3) is 0.600. The molecule has 1 aromatic rings. The third-order valence-electron chi connectivity index (χ3n) is 6.33. The van der Waals surface area contributed by atoms with E-state index < -0.39 is 6.10 Å². The highest BCUT2D eigenvalue weighted by Crippen LogP contribution is 2.61. The van der Waals surface area contributed by atoms with Crippen molar-refractivity contribution in [3.05, 3.63) is 42.0 Å². The third kappa shape index (κ3) is 2.50. The zero-order chi connectivity index (χ0) is 16.8. The van der Waals surface area contributed by atoms with E-state index >= 15 is 0 Å². The summed E-state index contributed by atoms with van der Waals surface area (Å²) in [5.41, 5.74) is 2.05. The molecule has 4 rings (SSSR count). The molecule has 3 fully saturated rings. The molecular weight excluding hydrogens is 288 g/mol. The van der Waals surface area contributed by atoms with E-state index in [1.54, 1.807) is 7.11 Å². The van der Waals surface area contributed by atoms with Crippen molar-refractivity contribution in [1.29, 1.82) is 0 Å². The molecule has 1 N–H and O–H groups in total. The van der Waals surface area contributed by atoms with Crippen molar-refractivity contribution in [3.8, 4) is 5.75 Å². The lowest BCUT2D eigenvalue weighted by atomic mass is 9.47. The summed E-state index contributed by atoms with van der Waals surface area (Å²) in [4.78, 5) is 0. The number of methoxy groups -OCH3 is 1. The van der Waals surface area contributed by atoms with Crippen LogP contribution in [0.1, 0.15) is 39.2 Å². The van der Waals surface area contributed by atoms with Gasteiger partial charge in [-0.15, -0.1) is 0 Å². The second kappa shape index (κ2) is 5.64. The van der Waals surface area contributed by atoms with Gasteiger partial charge in [-0.1, -0.05) is 45.1 Å². The van der Waals surface area contributed by atoms with Gasteiger partial charge in [-0.05, 0) is 41.9 Å². The maximum Gasteiger partial charge on any atom is 0.118 e. The van der Waals surface area contributed by atoms with Crippen molar-refractivity contribution in [2.45, 2.75) is 52.4 Å². The minimum absolute atomic E-state index is 0.0107. The molecule has 3 nitrogen and oxygen atoms in total. The van der Waals surface area contributed by atoms with Gasteiger partial charge >= 0.3 is 0 Å². The number of benzene rings is 1. The molecule has 0 unspecified atom stereocenters. The van der Waals surface area contributed by atoms with Crippen LogP contribution in [0.15, 0.2) is 36.4 Å². The van der Waals surface area contributed by atoms with E-state index in [-0.39, 0.29) is 16.9 Å². The average molecular weight is 316 g/mol. The standard InChI is InChI=1S/C20H28O3/c1-13-19(2,3)16-10-11-20(13,4)18(21)17(16)23-12-14-6-8-15(22-5)9-7-14/h6-9,16-18,21H,1,10-12H2,2-5H3/t16-,17+,18+,20-/m1/s1. The first-order chi connectivity index (χ1) is 10.8. The van der Waals surface area contributed by atoms with Gasteiger partial charge in [0.25, 0.3) is 0 Å². The van der Waals surface area contributed by atoms with Gasteiger partial charge in [0.05, 0.1) is 25.9 Å². The van der Waals surface area contributed by atoms with Crippen LogP contribution in [-0.2, 0) is 11.3 Å². The number of aliphatic hydroxyl groups is 1. The van der Waals surface area contributed by atoms with Crippen molar-refractivity contribution in [1.82, 2.24) is 0 Å². The molecule has 0 saturated heterocycles. The molecule has 0 radical (unpaired) electrons. The number of fused-ring (bicyclic) bond motifs is 3. The van der Waals surface area contributed by atoms with E-state index in [0.717, 1.165) is 24.2 Å². The Morgan fingerprint density at radius 2 is 1.87 bits per heavy atom. The maximum absolute atomic E-state index is 10.9. The minimum atomic E-state index is -0.472. The number of ether oxygens (including phenoxy) is 2. The molecule has 3 saturated carbocycles. The highest BCUT2D eigenvalue weighted by atomic mass is 16.5. The first-order valence-corrected chi connectivity index (χ1v) is 8.43. The van der Waals surface area contributed by atoms with Crippen LogP contribution in [0.25, 0.3) is 0 Å². The number of rotatable bonds is 4. The Labute approximate surface area is 139 Å². The van der Waals surface area contributed by atoms with Crippen LogP contribution in [0.4, 0.5) is 0 Å². The summed E-state index contributed by atoms with van der Waals surface area (Å²) >= 11 is 0. The van der Waals surface area contributed by atoms with Crippen LogP contribution in [-0.4, -0.2) is 24.4 Å². The number of hydrogen-bond acceptors (Lipinski definition) is 3. The molecule has 0 aliphatic heterocycles. The van der Waals surface area contributed by atoms with E-state index in [2.05, 4.69) is 27.4 Å². The fourth-order valence-electron chi connectivity index (χ4n) is 4.53. The lowest BCUT2D eigenvalue weighted by Gasteiger charge is -2.61. The van der Waals surface area contributed by atoms with Gasteiger partial charge < -0.3 is 14.6 Å².